The van der Waals surface area contributed by atoms with Crippen molar-refractivity contribution in [2.45, 2.75) is 51.2 Å². The summed E-state index contributed by atoms with van der Waals surface area (Å²) in [5.74, 6) is -0.587. The van der Waals surface area contributed by atoms with Gasteiger partial charge < -0.3 is 19.9 Å². The van der Waals surface area contributed by atoms with Gasteiger partial charge >= 0.3 is 11.9 Å². The van der Waals surface area contributed by atoms with Crippen LogP contribution in [0.5, 0.6) is 0 Å². The van der Waals surface area contributed by atoms with E-state index in [9.17, 15) is 27.9 Å². The Kier molecular flexibility index (Phi) is 9.56. The molecule has 0 radical (unpaired) electrons. The highest BCUT2D eigenvalue weighted by atomic mass is 35.5. The maximum atomic E-state index is 13.6. The number of aromatic nitrogens is 3. The summed E-state index contributed by atoms with van der Waals surface area (Å²) in [6.07, 6.45) is -6.51. The fourth-order valence-corrected chi connectivity index (χ4v) is 3.91. The lowest BCUT2D eigenvalue weighted by molar-refractivity contribution is -0.140. The maximum Gasteiger partial charge on any atom is 0.416 e. The minimum absolute atomic E-state index is 0.0890. The lowest BCUT2D eigenvalue weighted by Crippen LogP contribution is -2.40. The lowest BCUT2D eigenvalue weighted by atomic mass is 10.00. The molecule has 0 spiro atoms. The minimum Gasteiger partial charge on any atom is -0.377 e. The Hall–Kier alpha value is -3.23. The van der Waals surface area contributed by atoms with Gasteiger partial charge in [-0.15, -0.1) is 5.10 Å². The number of nitrogens with two attached hydrogens (primary N) is 1. The fraction of sp³-hybridized carbons (Fsp3) is 0.400. The van der Waals surface area contributed by atoms with Crippen molar-refractivity contribution in [1.29, 1.82) is 0 Å². The van der Waals surface area contributed by atoms with Crippen LogP contribution in [0.3, 0.4) is 0 Å². The predicted molar refractivity (Wildman–Crippen MR) is 136 cm³/mol. The Morgan fingerprint density at radius 3 is 2.41 bits per heavy atom. The number of ether oxygens (including phenoxy) is 2. The average Bonchev–Trinajstić information content (AvgIpc) is 3.15. The van der Waals surface area contributed by atoms with Gasteiger partial charge in [0.2, 0.25) is 12.3 Å². The van der Waals surface area contributed by atoms with Gasteiger partial charge in [0.1, 0.15) is 6.54 Å². The van der Waals surface area contributed by atoms with E-state index in [1.54, 1.807) is 38.1 Å². The molecule has 2 unspecified atom stereocenters. The van der Waals surface area contributed by atoms with Crippen LogP contribution in [0.1, 0.15) is 31.0 Å². The number of carbonyl (C=O) groups is 1. The molecule has 2 atom stereocenters. The maximum absolute atomic E-state index is 13.6. The van der Waals surface area contributed by atoms with E-state index in [1.807, 2.05) is 0 Å². The van der Waals surface area contributed by atoms with E-state index in [2.05, 4.69) is 10.4 Å². The fourth-order valence-electron chi connectivity index (χ4n) is 3.78. The normalized spacial score (nSPS) is 13.8. The van der Waals surface area contributed by atoms with E-state index in [0.717, 1.165) is 10.7 Å². The Morgan fingerprint density at radius 1 is 1.18 bits per heavy atom. The van der Waals surface area contributed by atoms with Gasteiger partial charge in [-0.25, -0.2) is 9.48 Å². The zero-order valence-electron chi connectivity index (χ0n) is 21.4. The van der Waals surface area contributed by atoms with Crippen LogP contribution < -0.4 is 16.7 Å². The summed E-state index contributed by atoms with van der Waals surface area (Å²) in [5.41, 5.74) is 3.02. The number of aliphatic hydroxyl groups excluding tert-OH is 1. The number of nitrogens with one attached hydrogen (secondary N) is 1. The molecule has 0 saturated carbocycles. The minimum atomic E-state index is -4.72. The van der Waals surface area contributed by atoms with Crippen molar-refractivity contribution in [2.24, 2.45) is 5.73 Å². The number of nitrogens with zero attached hydrogens (tertiary/aromatic N) is 3. The summed E-state index contributed by atoms with van der Waals surface area (Å²) >= 11 is 5.99. The van der Waals surface area contributed by atoms with Crippen LogP contribution in [0.2, 0.25) is 5.02 Å². The summed E-state index contributed by atoms with van der Waals surface area (Å²) < 4.78 is 53.5. The first kappa shape index (κ1) is 30.3. The zero-order valence-corrected chi connectivity index (χ0v) is 22.2. The van der Waals surface area contributed by atoms with Crippen molar-refractivity contribution in [3.05, 3.63) is 75.2 Å². The van der Waals surface area contributed by atoms with Gasteiger partial charge in [0.05, 0.1) is 30.4 Å². The highest BCUT2D eigenvalue weighted by Crippen LogP contribution is 2.34. The van der Waals surface area contributed by atoms with Gasteiger partial charge in [0.25, 0.3) is 0 Å². The number of halogens is 4. The third-order valence-corrected chi connectivity index (χ3v) is 6.07. The van der Waals surface area contributed by atoms with Gasteiger partial charge in [-0.3, -0.25) is 15.1 Å². The standard InChI is InChI=1S/C25H29ClF3N5O5/c1-24(2,38-3)14-33-21(15-8-10-16(26)11-9-15)32-34(23(33)37)12-20(35)31-19(13-39-22(30)36)17-6-4-5-7-18(17)25(27,28)29/h4-11,19,22,36H,12-14,30H2,1-3H3,(H,31,35). The number of carbonyl (C=O) groups excluding carboxylic acids is 1. The summed E-state index contributed by atoms with van der Waals surface area (Å²) in [7, 11) is 1.49. The van der Waals surface area contributed by atoms with E-state index in [4.69, 9.17) is 26.8 Å². The van der Waals surface area contributed by atoms with Crippen LogP contribution in [-0.2, 0) is 33.5 Å². The first-order chi connectivity index (χ1) is 18.2. The molecule has 1 aromatic heterocycles. The molecule has 0 aliphatic heterocycles. The van der Waals surface area contributed by atoms with Crippen molar-refractivity contribution in [3.8, 4) is 11.4 Å². The summed E-state index contributed by atoms with van der Waals surface area (Å²) in [5, 5.41) is 16.5. The quantitative estimate of drug-likeness (QED) is 0.301. The first-order valence-electron chi connectivity index (χ1n) is 11.7. The molecule has 3 aromatic rings. The first-order valence-corrected chi connectivity index (χ1v) is 12.1. The Morgan fingerprint density at radius 2 is 1.82 bits per heavy atom. The second kappa shape index (κ2) is 12.3. The molecule has 3 rings (SSSR count). The van der Waals surface area contributed by atoms with Crippen LogP contribution in [0.25, 0.3) is 11.4 Å². The summed E-state index contributed by atoms with van der Waals surface area (Å²) in [6.45, 7) is 2.44. The zero-order chi connectivity index (χ0) is 29.0. The molecule has 39 heavy (non-hydrogen) atoms. The van der Waals surface area contributed by atoms with Gasteiger partial charge in [-0.2, -0.15) is 13.2 Å². The molecule has 14 heteroatoms. The Balaban J connectivity index is 1.95. The average molecular weight is 572 g/mol. The monoisotopic (exact) mass is 571 g/mol. The van der Waals surface area contributed by atoms with Crippen LogP contribution in [0.15, 0.2) is 53.3 Å². The smallest absolute Gasteiger partial charge is 0.377 e. The van der Waals surface area contributed by atoms with Gasteiger partial charge in [0, 0.05) is 17.7 Å². The van der Waals surface area contributed by atoms with Crippen molar-refractivity contribution in [1.82, 2.24) is 19.7 Å². The van der Waals surface area contributed by atoms with Gasteiger partial charge in [-0.05, 0) is 49.7 Å². The van der Waals surface area contributed by atoms with Gasteiger partial charge in [-0.1, -0.05) is 29.8 Å². The van der Waals surface area contributed by atoms with E-state index < -0.39 is 54.5 Å². The van der Waals surface area contributed by atoms with Crippen LogP contribution in [-0.4, -0.2) is 51.1 Å². The molecule has 0 bridgehead atoms. The lowest BCUT2D eigenvalue weighted by Gasteiger charge is -2.23. The number of hydrogen-bond donors (Lipinski definition) is 3. The Labute approximate surface area is 227 Å². The topological polar surface area (TPSA) is 134 Å². The van der Waals surface area contributed by atoms with Crippen molar-refractivity contribution >= 4 is 17.5 Å². The molecule has 0 aliphatic carbocycles. The van der Waals surface area contributed by atoms with Crippen LogP contribution >= 0.6 is 11.6 Å². The van der Waals surface area contributed by atoms with E-state index in [-0.39, 0.29) is 17.9 Å². The largest absolute Gasteiger partial charge is 0.416 e. The van der Waals surface area contributed by atoms with Crippen molar-refractivity contribution < 1.29 is 32.5 Å². The summed E-state index contributed by atoms with van der Waals surface area (Å²) in [6, 6.07) is 9.80. The molecule has 10 nitrogen and oxygen atoms in total. The van der Waals surface area contributed by atoms with E-state index >= 15 is 0 Å². The molecular weight excluding hydrogens is 543 g/mol. The second-order valence-electron chi connectivity index (χ2n) is 9.25. The SMILES string of the molecule is COC(C)(C)Cn1c(-c2ccc(Cl)cc2)nn(CC(=O)NC(COC(N)O)c2ccccc2C(F)(F)F)c1=O. The molecule has 1 heterocycles. The number of benzene rings is 2. The highest BCUT2D eigenvalue weighted by Gasteiger charge is 2.35. The molecule has 0 aliphatic rings. The molecule has 0 saturated heterocycles. The number of alkyl halides is 3. The van der Waals surface area contributed by atoms with Crippen LogP contribution in [0, 0.1) is 0 Å². The third kappa shape index (κ3) is 7.90. The number of amides is 1. The number of rotatable bonds is 11. The molecule has 0 fully saturated rings. The number of methoxy groups -OCH3 is 1. The number of aliphatic hydroxyl groups is 1. The molecule has 2 aromatic carbocycles. The molecule has 1 amide bonds. The summed E-state index contributed by atoms with van der Waals surface area (Å²) in [4.78, 5) is 26.3. The van der Waals surface area contributed by atoms with E-state index in [0.29, 0.717) is 10.6 Å². The van der Waals surface area contributed by atoms with Crippen molar-refractivity contribution in [3.63, 3.8) is 0 Å². The highest BCUT2D eigenvalue weighted by molar-refractivity contribution is 6.30. The van der Waals surface area contributed by atoms with E-state index in [1.165, 1.54) is 29.9 Å². The van der Waals surface area contributed by atoms with Crippen molar-refractivity contribution in [2.75, 3.05) is 13.7 Å². The molecule has 4 N–H and O–H groups in total. The Bertz CT molecular complexity index is 1340. The van der Waals surface area contributed by atoms with Crippen LogP contribution in [0.4, 0.5) is 13.2 Å². The number of hydrogen-bond acceptors (Lipinski definition) is 7. The predicted octanol–water partition coefficient (Wildman–Crippen LogP) is 2.92. The molecule has 212 valence electrons. The third-order valence-electron chi connectivity index (χ3n) is 5.82. The van der Waals surface area contributed by atoms with Gasteiger partial charge in [0.15, 0.2) is 5.82 Å². The second-order valence-corrected chi connectivity index (χ2v) is 9.69. The molecular formula is C25H29ClF3N5O5.